The summed E-state index contributed by atoms with van der Waals surface area (Å²) < 4.78 is 8.92. The average molecular weight is 359 g/mol. The van der Waals surface area contributed by atoms with Crippen molar-refractivity contribution in [3.05, 3.63) is 72.2 Å². The molecule has 2 aromatic carbocycles. The molecule has 0 spiro atoms. The SMILES string of the molecule is CCc1cnn(-c2ccc(-c3cn(-c4ccc(OC)cc4)nn3)cc2)c1C. The van der Waals surface area contributed by atoms with Gasteiger partial charge in [-0.3, -0.25) is 0 Å². The number of nitrogens with zero attached hydrogens (tertiary/aromatic N) is 5. The second-order valence-corrected chi connectivity index (χ2v) is 6.31. The van der Waals surface area contributed by atoms with Crippen molar-refractivity contribution < 1.29 is 4.74 Å². The lowest BCUT2D eigenvalue weighted by Crippen LogP contribution is -1.99. The van der Waals surface area contributed by atoms with Gasteiger partial charge in [0.2, 0.25) is 0 Å². The highest BCUT2D eigenvalue weighted by atomic mass is 16.5. The van der Waals surface area contributed by atoms with Crippen LogP contribution in [0.5, 0.6) is 5.75 Å². The van der Waals surface area contributed by atoms with Crippen molar-refractivity contribution in [3.63, 3.8) is 0 Å². The Kier molecular flexibility index (Phi) is 4.46. The van der Waals surface area contributed by atoms with Crippen molar-refractivity contribution >= 4 is 0 Å². The predicted molar refractivity (Wildman–Crippen MR) is 105 cm³/mol. The molecule has 136 valence electrons. The molecule has 27 heavy (non-hydrogen) atoms. The van der Waals surface area contributed by atoms with Crippen molar-refractivity contribution in [1.82, 2.24) is 24.8 Å². The Morgan fingerprint density at radius 3 is 2.30 bits per heavy atom. The third-order valence-electron chi connectivity index (χ3n) is 4.73. The lowest BCUT2D eigenvalue weighted by atomic mass is 10.1. The van der Waals surface area contributed by atoms with Crippen LogP contribution in [0.25, 0.3) is 22.6 Å². The Hall–Kier alpha value is -3.41. The number of benzene rings is 2. The maximum Gasteiger partial charge on any atom is 0.119 e. The van der Waals surface area contributed by atoms with Crippen LogP contribution in [0.15, 0.2) is 60.9 Å². The van der Waals surface area contributed by atoms with Gasteiger partial charge in [0.25, 0.3) is 0 Å². The Balaban J connectivity index is 1.59. The first kappa shape index (κ1) is 17.0. The minimum absolute atomic E-state index is 0.815. The lowest BCUT2D eigenvalue weighted by molar-refractivity contribution is 0.414. The van der Waals surface area contributed by atoms with Gasteiger partial charge in [0.15, 0.2) is 0 Å². The summed E-state index contributed by atoms with van der Waals surface area (Å²) in [5, 5.41) is 13.0. The van der Waals surface area contributed by atoms with E-state index in [1.807, 2.05) is 53.5 Å². The van der Waals surface area contributed by atoms with Crippen molar-refractivity contribution in [2.75, 3.05) is 7.11 Å². The molecule has 0 aliphatic heterocycles. The fraction of sp³-hybridized carbons (Fsp3) is 0.190. The highest BCUT2D eigenvalue weighted by Gasteiger charge is 2.09. The largest absolute Gasteiger partial charge is 0.497 e. The summed E-state index contributed by atoms with van der Waals surface area (Å²) in [6, 6.07) is 15.9. The fourth-order valence-electron chi connectivity index (χ4n) is 3.08. The fourth-order valence-corrected chi connectivity index (χ4v) is 3.08. The summed E-state index contributed by atoms with van der Waals surface area (Å²) >= 11 is 0. The summed E-state index contributed by atoms with van der Waals surface area (Å²) in [6.07, 6.45) is 4.84. The molecule has 0 N–H and O–H groups in total. The van der Waals surface area contributed by atoms with Crippen LogP contribution in [-0.4, -0.2) is 31.9 Å². The van der Waals surface area contributed by atoms with Crippen LogP contribution in [0, 0.1) is 6.92 Å². The molecule has 6 heteroatoms. The zero-order valence-electron chi connectivity index (χ0n) is 15.6. The molecule has 0 radical (unpaired) electrons. The molecule has 6 nitrogen and oxygen atoms in total. The van der Waals surface area contributed by atoms with Crippen LogP contribution >= 0.6 is 0 Å². The molecule has 0 aliphatic carbocycles. The number of ether oxygens (including phenoxy) is 1. The van der Waals surface area contributed by atoms with Crippen LogP contribution in [0.1, 0.15) is 18.2 Å². The van der Waals surface area contributed by atoms with Crippen molar-refractivity contribution in [2.45, 2.75) is 20.3 Å². The lowest BCUT2D eigenvalue weighted by Gasteiger charge is -2.06. The second-order valence-electron chi connectivity index (χ2n) is 6.31. The molecule has 0 saturated carbocycles. The number of aromatic nitrogens is 5. The first-order chi connectivity index (χ1) is 13.2. The molecule has 0 amide bonds. The summed E-state index contributed by atoms with van der Waals surface area (Å²) in [4.78, 5) is 0. The third kappa shape index (κ3) is 3.21. The molecule has 0 fully saturated rings. The van der Waals surface area contributed by atoms with Gasteiger partial charge < -0.3 is 4.74 Å². The topological polar surface area (TPSA) is 57.8 Å². The smallest absolute Gasteiger partial charge is 0.119 e. The van der Waals surface area contributed by atoms with Crippen LogP contribution in [-0.2, 0) is 6.42 Å². The maximum absolute atomic E-state index is 5.19. The van der Waals surface area contributed by atoms with Gasteiger partial charge >= 0.3 is 0 Å². The minimum atomic E-state index is 0.815. The predicted octanol–water partition coefficient (Wildman–Crippen LogP) is 4.00. The normalized spacial score (nSPS) is 10.9. The van der Waals surface area contributed by atoms with E-state index < -0.39 is 0 Å². The standard InChI is InChI=1S/C21H21N5O/c1-4-16-13-22-26(15(16)2)19-7-5-17(6-8-19)21-14-25(24-23-21)18-9-11-20(27-3)12-10-18/h5-14H,4H2,1-3H3. The van der Waals surface area contributed by atoms with Gasteiger partial charge in [-0.1, -0.05) is 24.3 Å². The van der Waals surface area contributed by atoms with E-state index in [1.54, 1.807) is 11.8 Å². The molecule has 0 bridgehead atoms. The quantitative estimate of drug-likeness (QED) is 0.540. The van der Waals surface area contributed by atoms with Gasteiger partial charge in [-0.25, -0.2) is 9.36 Å². The van der Waals surface area contributed by atoms with Gasteiger partial charge in [-0.2, -0.15) is 5.10 Å². The van der Waals surface area contributed by atoms with Gasteiger partial charge in [-0.15, -0.1) is 5.10 Å². The van der Waals surface area contributed by atoms with Gasteiger partial charge in [0, 0.05) is 11.3 Å². The van der Waals surface area contributed by atoms with E-state index in [-0.39, 0.29) is 0 Å². The van der Waals surface area contributed by atoms with E-state index >= 15 is 0 Å². The first-order valence-electron chi connectivity index (χ1n) is 8.90. The second kappa shape index (κ2) is 7.07. The highest BCUT2D eigenvalue weighted by Crippen LogP contribution is 2.22. The zero-order valence-corrected chi connectivity index (χ0v) is 15.6. The van der Waals surface area contributed by atoms with Crippen molar-refractivity contribution in [1.29, 1.82) is 0 Å². The Bertz CT molecular complexity index is 1050. The number of rotatable bonds is 5. The molecule has 2 heterocycles. The molecule has 4 aromatic rings. The molecule has 0 saturated heterocycles. The molecule has 0 unspecified atom stereocenters. The summed E-state index contributed by atoms with van der Waals surface area (Å²) in [5.41, 5.74) is 6.25. The average Bonchev–Trinajstić information content (AvgIpc) is 3.35. The Labute approximate surface area is 158 Å². The summed E-state index contributed by atoms with van der Waals surface area (Å²) in [6.45, 7) is 4.24. The number of hydrogen-bond donors (Lipinski definition) is 0. The molecule has 2 aromatic heterocycles. The van der Waals surface area contributed by atoms with Gasteiger partial charge in [0.05, 0.1) is 30.9 Å². The van der Waals surface area contributed by atoms with Crippen LogP contribution < -0.4 is 4.74 Å². The minimum Gasteiger partial charge on any atom is -0.497 e. The number of methoxy groups -OCH3 is 1. The Morgan fingerprint density at radius 2 is 1.67 bits per heavy atom. The van der Waals surface area contributed by atoms with Crippen molar-refractivity contribution in [3.8, 4) is 28.4 Å². The molecule has 0 atom stereocenters. The van der Waals surface area contributed by atoms with Crippen molar-refractivity contribution in [2.24, 2.45) is 0 Å². The number of hydrogen-bond acceptors (Lipinski definition) is 4. The van der Waals surface area contributed by atoms with E-state index in [0.29, 0.717) is 0 Å². The maximum atomic E-state index is 5.19. The van der Waals surface area contributed by atoms with Gasteiger partial charge in [0.1, 0.15) is 11.4 Å². The van der Waals surface area contributed by atoms with Crippen LogP contribution in [0.3, 0.4) is 0 Å². The number of aryl methyl sites for hydroxylation is 1. The first-order valence-corrected chi connectivity index (χ1v) is 8.90. The van der Waals surface area contributed by atoms with E-state index in [1.165, 1.54) is 11.3 Å². The molecule has 0 aliphatic rings. The Morgan fingerprint density at radius 1 is 0.963 bits per heavy atom. The van der Waals surface area contributed by atoms with E-state index in [9.17, 15) is 0 Å². The monoisotopic (exact) mass is 359 g/mol. The summed E-state index contributed by atoms with van der Waals surface area (Å²) in [5.74, 6) is 0.815. The van der Waals surface area contributed by atoms with Crippen LogP contribution in [0.2, 0.25) is 0 Å². The molecule has 4 rings (SSSR count). The highest BCUT2D eigenvalue weighted by molar-refractivity contribution is 5.60. The third-order valence-corrected chi connectivity index (χ3v) is 4.73. The van der Waals surface area contributed by atoms with E-state index in [4.69, 9.17) is 4.74 Å². The molecular formula is C21H21N5O. The van der Waals surface area contributed by atoms with E-state index in [0.717, 1.165) is 34.8 Å². The van der Waals surface area contributed by atoms with Crippen LogP contribution in [0.4, 0.5) is 0 Å². The summed E-state index contributed by atoms with van der Waals surface area (Å²) in [7, 11) is 1.65. The van der Waals surface area contributed by atoms with E-state index in [2.05, 4.69) is 41.4 Å². The molecular weight excluding hydrogens is 338 g/mol. The zero-order chi connectivity index (χ0) is 18.8. The van der Waals surface area contributed by atoms with Gasteiger partial charge in [-0.05, 0) is 55.3 Å².